The van der Waals surface area contributed by atoms with E-state index in [1.165, 1.54) is 26.9 Å². The second kappa shape index (κ2) is 9.71. The van der Waals surface area contributed by atoms with Gasteiger partial charge in [0.2, 0.25) is 0 Å². The first-order chi connectivity index (χ1) is 17.5. The highest BCUT2D eigenvalue weighted by Gasteiger charge is 2.28. The van der Waals surface area contributed by atoms with Crippen LogP contribution in [0.25, 0.3) is 22.1 Å². The van der Waals surface area contributed by atoms with Crippen LogP contribution in [0.3, 0.4) is 0 Å². The van der Waals surface area contributed by atoms with Gasteiger partial charge in [-0.15, -0.1) is 0 Å². The Balaban J connectivity index is 1.58. The topological polar surface area (TPSA) is 112 Å². The molecule has 36 heavy (non-hydrogen) atoms. The summed E-state index contributed by atoms with van der Waals surface area (Å²) >= 11 is 0. The summed E-state index contributed by atoms with van der Waals surface area (Å²) in [5.41, 5.74) is 3.61. The molecule has 2 heterocycles. The number of rotatable bonds is 8. The van der Waals surface area contributed by atoms with Crippen molar-refractivity contribution in [3.63, 3.8) is 0 Å². The summed E-state index contributed by atoms with van der Waals surface area (Å²) in [6.07, 6.45) is 1.07. The Hall–Kier alpha value is -3.76. The van der Waals surface area contributed by atoms with Crippen LogP contribution in [0.4, 0.5) is 5.82 Å². The van der Waals surface area contributed by atoms with Crippen molar-refractivity contribution in [1.29, 1.82) is 0 Å². The Morgan fingerprint density at radius 2 is 1.69 bits per heavy atom. The van der Waals surface area contributed by atoms with E-state index in [4.69, 9.17) is 18.7 Å². The lowest BCUT2D eigenvalue weighted by molar-refractivity contribution is 0.373. The predicted molar refractivity (Wildman–Crippen MR) is 137 cm³/mol. The van der Waals surface area contributed by atoms with Gasteiger partial charge in [0.25, 0.3) is 10.0 Å². The molecule has 1 aliphatic heterocycles. The smallest absolute Gasteiger partial charge is 0.270 e. The summed E-state index contributed by atoms with van der Waals surface area (Å²) in [6, 6.07) is 16.7. The Morgan fingerprint density at radius 1 is 0.972 bits per heavy atom. The zero-order valence-electron chi connectivity index (χ0n) is 20.2. The van der Waals surface area contributed by atoms with Crippen molar-refractivity contribution in [2.45, 2.75) is 17.2 Å². The van der Waals surface area contributed by atoms with Crippen LogP contribution in [0.1, 0.15) is 17.9 Å². The number of methoxy groups -OCH3 is 3. The van der Waals surface area contributed by atoms with Gasteiger partial charge in [0, 0.05) is 6.54 Å². The molecule has 1 saturated heterocycles. The van der Waals surface area contributed by atoms with E-state index < -0.39 is 10.0 Å². The van der Waals surface area contributed by atoms with E-state index in [-0.39, 0.29) is 22.2 Å². The summed E-state index contributed by atoms with van der Waals surface area (Å²) < 4.78 is 51.1. The van der Waals surface area contributed by atoms with Crippen LogP contribution in [0, 0.1) is 0 Å². The molecule has 3 aromatic carbocycles. The van der Waals surface area contributed by atoms with E-state index in [1.54, 1.807) is 18.2 Å². The molecule has 5 rings (SSSR count). The van der Waals surface area contributed by atoms with Gasteiger partial charge >= 0.3 is 0 Å². The molecule has 0 bridgehead atoms. The number of anilines is 1. The maximum Gasteiger partial charge on any atom is 0.270 e. The van der Waals surface area contributed by atoms with E-state index in [9.17, 15) is 8.42 Å². The first kappa shape index (κ1) is 24.0. The predicted octanol–water partition coefficient (Wildman–Crippen LogP) is 4.40. The second-order valence-electron chi connectivity index (χ2n) is 8.46. The zero-order chi connectivity index (χ0) is 25.3. The van der Waals surface area contributed by atoms with Crippen LogP contribution < -0.4 is 24.2 Å². The number of ether oxygens (including phenoxy) is 3. The lowest BCUT2D eigenvalue weighted by Gasteiger charge is -2.16. The Morgan fingerprint density at radius 3 is 2.36 bits per heavy atom. The van der Waals surface area contributed by atoms with Crippen molar-refractivity contribution >= 4 is 26.8 Å². The zero-order valence-corrected chi connectivity index (χ0v) is 21.0. The number of aromatic nitrogens is 1. The third kappa shape index (κ3) is 4.22. The van der Waals surface area contributed by atoms with Gasteiger partial charge in [-0.05, 0) is 59.8 Å². The molecule has 4 aromatic rings. The van der Waals surface area contributed by atoms with Crippen molar-refractivity contribution < 1.29 is 27.2 Å². The number of fused-ring (bicyclic) bond motifs is 1. The number of hydrogen-bond donors (Lipinski definition) is 2. The molecule has 1 aliphatic rings. The highest BCUT2D eigenvalue weighted by atomic mass is 32.2. The monoisotopic (exact) mass is 509 g/mol. The largest absolute Gasteiger partial charge is 0.496 e. The van der Waals surface area contributed by atoms with Crippen LogP contribution in [-0.4, -0.2) is 48.0 Å². The maximum absolute atomic E-state index is 13.4. The van der Waals surface area contributed by atoms with Crippen LogP contribution >= 0.6 is 0 Å². The van der Waals surface area contributed by atoms with E-state index >= 15 is 0 Å². The molecule has 1 atom stereocenters. The fourth-order valence-electron chi connectivity index (χ4n) is 4.72. The van der Waals surface area contributed by atoms with E-state index in [0.29, 0.717) is 22.6 Å². The van der Waals surface area contributed by atoms with Gasteiger partial charge in [0.1, 0.15) is 22.6 Å². The third-order valence-electron chi connectivity index (χ3n) is 6.41. The van der Waals surface area contributed by atoms with E-state index in [1.807, 2.05) is 24.3 Å². The van der Waals surface area contributed by atoms with Crippen molar-refractivity contribution in [3.8, 4) is 28.4 Å². The molecule has 9 nitrogen and oxygen atoms in total. The SMILES string of the molecule is COc1cccc(OC)c1S(=O)(=O)Nc1noc2cc(-c3ccccc3C3CCNC3)cc(OC)c12. The molecular weight excluding hydrogens is 482 g/mol. The van der Waals surface area contributed by atoms with Gasteiger partial charge < -0.3 is 24.1 Å². The third-order valence-corrected chi connectivity index (χ3v) is 7.81. The summed E-state index contributed by atoms with van der Waals surface area (Å²) in [5, 5.41) is 7.86. The molecule has 0 spiro atoms. The highest BCUT2D eigenvalue weighted by Crippen LogP contribution is 2.41. The van der Waals surface area contributed by atoms with Gasteiger partial charge in [-0.2, -0.15) is 0 Å². The molecular formula is C26H27N3O6S. The van der Waals surface area contributed by atoms with Gasteiger partial charge in [0.05, 0.1) is 21.3 Å². The number of sulfonamides is 1. The second-order valence-corrected chi connectivity index (χ2v) is 10.1. The molecule has 1 unspecified atom stereocenters. The average molecular weight is 510 g/mol. The highest BCUT2D eigenvalue weighted by molar-refractivity contribution is 7.93. The fourth-order valence-corrected chi connectivity index (χ4v) is 6.05. The molecule has 0 aliphatic carbocycles. The number of nitrogens with one attached hydrogen (secondary N) is 2. The lowest BCUT2D eigenvalue weighted by atomic mass is 9.89. The molecule has 0 radical (unpaired) electrons. The number of hydrogen-bond acceptors (Lipinski definition) is 8. The summed E-state index contributed by atoms with van der Waals surface area (Å²) in [7, 11) is 0.162. The maximum atomic E-state index is 13.4. The molecule has 188 valence electrons. The van der Waals surface area contributed by atoms with Gasteiger partial charge in [-0.3, -0.25) is 4.72 Å². The first-order valence-corrected chi connectivity index (χ1v) is 13.0. The molecule has 1 fully saturated rings. The number of nitrogens with zero attached hydrogens (tertiary/aromatic N) is 1. The standard InChI is InChI=1S/C26H27N3O6S/c1-32-20-9-6-10-21(33-2)25(20)36(30,31)29-26-24-22(34-3)13-17(14-23(24)35-28-26)19-8-5-4-7-18(19)16-11-12-27-15-16/h4-10,13-14,16,27H,11-12,15H2,1-3H3,(H,28,29). The quantitative estimate of drug-likeness (QED) is 0.360. The normalized spacial score (nSPS) is 15.7. The van der Waals surface area contributed by atoms with Gasteiger partial charge in [-0.1, -0.05) is 35.5 Å². The summed E-state index contributed by atoms with van der Waals surface area (Å²) in [6.45, 7) is 1.92. The first-order valence-electron chi connectivity index (χ1n) is 11.5. The minimum Gasteiger partial charge on any atom is -0.496 e. The van der Waals surface area contributed by atoms with E-state index in [2.05, 4.69) is 27.3 Å². The van der Waals surface area contributed by atoms with E-state index in [0.717, 1.165) is 30.6 Å². The van der Waals surface area contributed by atoms with Crippen molar-refractivity contribution in [2.75, 3.05) is 39.1 Å². The fraction of sp³-hybridized carbons (Fsp3) is 0.269. The van der Waals surface area contributed by atoms with Crippen LogP contribution in [0.2, 0.25) is 0 Å². The molecule has 2 N–H and O–H groups in total. The Labute approximate surface area is 209 Å². The minimum atomic E-state index is -4.15. The Bertz CT molecular complexity index is 1490. The minimum absolute atomic E-state index is 0.00892. The van der Waals surface area contributed by atoms with Crippen LogP contribution in [0.5, 0.6) is 17.2 Å². The average Bonchev–Trinajstić information content (AvgIpc) is 3.58. The van der Waals surface area contributed by atoms with Crippen molar-refractivity contribution in [3.05, 3.63) is 60.2 Å². The number of benzene rings is 3. The molecule has 1 aromatic heterocycles. The van der Waals surface area contributed by atoms with Crippen molar-refractivity contribution in [2.24, 2.45) is 0 Å². The molecule has 0 amide bonds. The summed E-state index contributed by atoms with van der Waals surface area (Å²) in [4.78, 5) is -0.138. The molecule has 0 saturated carbocycles. The van der Waals surface area contributed by atoms with Gasteiger partial charge in [0.15, 0.2) is 16.3 Å². The van der Waals surface area contributed by atoms with Crippen LogP contribution in [-0.2, 0) is 10.0 Å². The summed E-state index contributed by atoms with van der Waals surface area (Å²) in [5.74, 6) is 1.14. The lowest BCUT2D eigenvalue weighted by Crippen LogP contribution is -2.15. The van der Waals surface area contributed by atoms with Crippen molar-refractivity contribution in [1.82, 2.24) is 10.5 Å². The molecule has 10 heteroatoms. The van der Waals surface area contributed by atoms with Gasteiger partial charge in [-0.25, -0.2) is 8.42 Å². The Kier molecular flexibility index (Phi) is 6.46. The van der Waals surface area contributed by atoms with Crippen LogP contribution in [0.15, 0.2) is 64.0 Å².